The van der Waals surface area contributed by atoms with Crippen LogP contribution in [0.2, 0.25) is 0 Å². The van der Waals surface area contributed by atoms with Crippen LogP contribution in [0.3, 0.4) is 0 Å². The molecule has 0 radical (unpaired) electrons. The van der Waals surface area contributed by atoms with E-state index in [9.17, 15) is 13.2 Å². The number of anilines is 1. The predicted molar refractivity (Wildman–Crippen MR) is 121 cm³/mol. The molecule has 1 aromatic heterocycles. The van der Waals surface area contributed by atoms with Gasteiger partial charge in [0.25, 0.3) is 0 Å². The maximum absolute atomic E-state index is 13.1. The second-order valence-corrected chi connectivity index (χ2v) is 10.2. The van der Waals surface area contributed by atoms with Crippen molar-refractivity contribution in [1.82, 2.24) is 19.2 Å². The largest absolute Gasteiger partial charge is 0.365 e. The predicted octanol–water partition coefficient (Wildman–Crippen LogP) is 2.13. The third-order valence-electron chi connectivity index (χ3n) is 5.25. The van der Waals surface area contributed by atoms with Gasteiger partial charge < -0.3 is 9.80 Å². The first-order valence-corrected chi connectivity index (χ1v) is 12.2. The molecule has 0 N–H and O–H groups in total. The van der Waals surface area contributed by atoms with Gasteiger partial charge in [0.15, 0.2) is 0 Å². The molecule has 8 nitrogen and oxygen atoms in total. The van der Waals surface area contributed by atoms with Crippen molar-refractivity contribution >= 4 is 21.6 Å². The summed E-state index contributed by atoms with van der Waals surface area (Å²) < 4.78 is 27.6. The van der Waals surface area contributed by atoms with E-state index in [0.717, 1.165) is 24.3 Å². The van der Waals surface area contributed by atoms with E-state index in [-0.39, 0.29) is 24.1 Å². The zero-order valence-electron chi connectivity index (χ0n) is 18.4. The smallest absolute Gasteiger partial charge is 0.219 e. The number of hydrogen-bond donors (Lipinski definition) is 0. The van der Waals surface area contributed by atoms with Crippen LogP contribution >= 0.6 is 0 Å². The Kier molecular flexibility index (Phi) is 7.61. The molecule has 2 heterocycles. The second-order valence-electron chi connectivity index (χ2n) is 8.28. The van der Waals surface area contributed by atoms with Crippen molar-refractivity contribution in [3.63, 3.8) is 0 Å². The summed E-state index contributed by atoms with van der Waals surface area (Å²) >= 11 is 0. The second kappa shape index (κ2) is 10.2. The van der Waals surface area contributed by atoms with Gasteiger partial charge in [-0.3, -0.25) is 4.79 Å². The highest BCUT2D eigenvalue weighted by Crippen LogP contribution is 2.18. The monoisotopic (exact) mass is 445 g/mol. The number of aromatic nitrogens is 2. The van der Waals surface area contributed by atoms with Crippen LogP contribution in [0.15, 0.2) is 42.7 Å². The summed E-state index contributed by atoms with van der Waals surface area (Å²) in [5.74, 6) is 0.706. The molecular weight excluding hydrogens is 414 g/mol. The van der Waals surface area contributed by atoms with E-state index in [1.165, 1.54) is 4.31 Å². The Morgan fingerprint density at radius 2 is 1.68 bits per heavy atom. The minimum absolute atomic E-state index is 0.0426. The van der Waals surface area contributed by atoms with Gasteiger partial charge in [0.1, 0.15) is 5.82 Å². The number of piperazine rings is 1. The van der Waals surface area contributed by atoms with Gasteiger partial charge in [-0.1, -0.05) is 44.2 Å². The molecule has 1 amide bonds. The van der Waals surface area contributed by atoms with Gasteiger partial charge in [0.05, 0.1) is 30.4 Å². The van der Waals surface area contributed by atoms with Crippen molar-refractivity contribution in [2.45, 2.75) is 33.1 Å². The maximum atomic E-state index is 13.1. The molecule has 0 spiro atoms. The highest BCUT2D eigenvalue weighted by atomic mass is 32.2. The molecule has 3 rings (SSSR count). The third kappa shape index (κ3) is 6.48. The van der Waals surface area contributed by atoms with Crippen LogP contribution in [-0.2, 0) is 27.1 Å². The van der Waals surface area contributed by atoms with E-state index in [1.807, 2.05) is 49.1 Å². The van der Waals surface area contributed by atoms with Crippen molar-refractivity contribution < 1.29 is 13.2 Å². The summed E-state index contributed by atoms with van der Waals surface area (Å²) in [6.07, 6.45) is 3.48. The highest BCUT2D eigenvalue weighted by Gasteiger charge is 2.25. The number of amides is 1. The Morgan fingerprint density at radius 3 is 2.23 bits per heavy atom. The van der Waals surface area contributed by atoms with Crippen molar-refractivity contribution in [2.24, 2.45) is 5.92 Å². The lowest BCUT2D eigenvalue weighted by atomic mass is 10.2. The molecule has 1 fully saturated rings. The van der Waals surface area contributed by atoms with Crippen molar-refractivity contribution in [3.05, 3.63) is 54.1 Å². The number of hydrogen-bond acceptors (Lipinski definition) is 6. The van der Waals surface area contributed by atoms with E-state index in [0.29, 0.717) is 25.5 Å². The summed E-state index contributed by atoms with van der Waals surface area (Å²) in [6.45, 7) is 8.95. The molecule has 1 saturated heterocycles. The Labute approximate surface area is 185 Å². The van der Waals surface area contributed by atoms with Crippen LogP contribution in [0.25, 0.3) is 0 Å². The van der Waals surface area contributed by atoms with E-state index in [2.05, 4.69) is 14.9 Å². The van der Waals surface area contributed by atoms with Crippen LogP contribution in [0, 0.1) is 5.92 Å². The summed E-state index contributed by atoms with van der Waals surface area (Å²) in [7, 11) is -3.51. The van der Waals surface area contributed by atoms with Gasteiger partial charge in [-0.2, -0.15) is 4.31 Å². The normalized spacial score (nSPS) is 15.0. The zero-order chi connectivity index (χ0) is 22.4. The first kappa shape index (κ1) is 23.1. The number of benzene rings is 1. The number of nitrogens with zero attached hydrogens (tertiary/aromatic N) is 5. The number of rotatable bonds is 8. The van der Waals surface area contributed by atoms with Gasteiger partial charge in [0, 0.05) is 39.6 Å². The molecule has 0 saturated carbocycles. The summed E-state index contributed by atoms with van der Waals surface area (Å²) in [4.78, 5) is 24.3. The molecule has 31 heavy (non-hydrogen) atoms. The highest BCUT2D eigenvalue weighted by molar-refractivity contribution is 7.88. The Morgan fingerprint density at radius 1 is 1.06 bits per heavy atom. The molecule has 0 unspecified atom stereocenters. The van der Waals surface area contributed by atoms with E-state index in [4.69, 9.17) is 0 Å². The van der Waals surface area contributed by atoms with Gasteiger partial charge in [-0.15, -0.1) is 0 Å². The summed E-state index contributed by atoms with van der Waals surface area (Å²) in [5.41, 5.74) is 1.65. The molecule has 1 aromatic carbocycles. The Hall–Kier alpha value is -2.52. The lowest BCUT2D eigenvalue weighted by molar-refractivity contribution is -0.129. The van der Waals surface area contributed by atoms with Crippen molar-refractivity contribution in [2.75, 3.05) is 37.6 Å². The fraction of sp³-hybridized carbons (Fsp3) is 0.500. The van der Waals surface area contributed by atoms with E-state index >= 15 is 0 Å². The van der Waals surface area contributed by atoms with E-state index in [1.54, 1.807) is 19.3 Å². The minimum atomic E-state index is -3.51. The average molecular weight is 446 g/mol. The number of carbonyl (C=O) groups is 1. The quantitative estimate of drug-likeness (QED) is 0.619. The summed E-state index contributed by atoms with van der Waals surface area (Å²) in [5, 5.41) is 0. The third-order valence-corrected chi connectivity index (χ3v) is 7.02. The summed E-state index contributed by atoms with van der Waals surface area (Å²) in [6, 6.07) is 9.20. The molecule has 1 aliphatic heterocycles. The molecule has 0 atom stereocenters. The zero-order valence-corrected chi connectivity index (χ0v) is 19.3. The first-order valence-electron chi connectivity index (χ1n) is 10.6. The molecule has 0 aliphatic carbocycles. The average Bonchev–Trinajstić information content (AvgIpc) is 2.74. The van der Waals surface area contributed by atoms with Crippen LogP contribution in [0.4, 0.5) is 5.69 Å². The molecular formula is C22H31N5O3S. The lowest BCUT2D eigenvalue weighted by Crippen LogP contribution is -2.48. The molecule has 1 aliphatic rings. The van der Waals surface area contributed by atoms with Crippen LogP contribution in [0.5, 0.6) is 0 Å². The SMILES string of the molecule is CC(=O)N1CCN(c2cnc(CN(CC(C)C)S(=O)(=O)Cc3ccccc3)nc2)CC1. The standard InChI is InChI=1S/C22H31N5O3S/c1-18(2)15-27(31(29,30)17-20-7-5-4-6-8-20)16-22-23-13-21(14-24-22)26-11-9-25(10-12-26)19(3)28/h4-8,13-14,18H,9-12,15-17H2,1-3H3. The van der Waals surface area contributed by atoms with Gasteiger partial charge in [-0.05, 0) is 11.5 Å². The van der Waals surface area contributed by atoms with Crippen LogP contribution in [-0.4, -0.2) is 66.2 Å². The Balaban J connectivity index is 1.68. The minimum Gasteiger partial charge on any atom is -0.365 e. The van der Waals surface area contributed by atoms with Gasteiger partial charge in [-0.25, -0.2) is 18.4 Å². The van der Waals surface area contributed by atoms with Gasteiger partial charge in [0.2, 0.25) is 15.9 Å². The topological polar surface area (TPSA) is 86.7 Å². The fourth-order valence-electron chi connectivity index (χ4n) is 3.59. The maximum Gasteiger partial charge on any atom is 0.219 e. The molecule has 9 heteroatoms. The molecule has 2 aromatic rings. The van der Waals surface area contributed by atoms with Crippen LogP contribution < -0.4 is 4.90 Å². The van der Waals surface area contributed by atoms with Crippen molar-refractivity contribution in [3.8, 4) is 0 Å². The van der Waals surface area contributed by atoms with Crippen LogP contribution in [0.1, 0.15) is 32.2 Å². The molecule has 0 bridgehead atoms. The molecule has 168 valence electrons. The lowest BCUT2D eigenvalue weighted by Gasteiger charge is -2.35. The van der Waals surface area contributed by atoms with Gasteiger partial charge >= 0.3 is 0 Å². The Bertz CT molecular complexity index is 956. The van der Waals surface area contributed by atoms with E-state index < -0.39 is 10.0 Å². The van der Waals surface area contributed by atoms with Crippen molar-refractivity contribution in [1.29, 1.82) is 0 Å². The number of carbonyl (C=O) groups excluding carboxylic acids is 1. The first-order chi connectivity index (χ1) is 14.7. The fourth-order valence-corrected chi connectivity index (χ4v) is 5.22. The number of sulfonamides is 1.